The van der Waals surface area contributed by atoms with Crippen molar-refractivity contribution in [1.29, 1.82) is 0 Å². The molecule has 1 fully saturated rings. The molecule has 0 unspecified atom stereocenters. The van der Waals surface area contributed by atoms with Gasteiger partial charge in [-0.3, -0.25) is 4.79 Å². The van der Waals surface area contributed by atoms with Gasteiger partial charge in [0.1, 0.15) is 0 Å². The topological polar surface area (TPSA) is 54.5 Å². The minimum atomic E-state index is -3.40. The highest BCUT2D eigenvalue weighted by atomic mass is 79.9. The predicted molar refractivity (Wildman–Crippen MR) is 96.6 cm³/mol. The van der Waals surface area contributed by atoms with E-state index >= 15 is 0 Å². The van der Waals surface area contributed by atoms with Crippen molar-refractivity contribution in [3.63, 3.8) is 0 Å². The molecule has 1 heterocycles. The van der Waals surface area contributed by atoms with Crippen LogP contribution < -0.4 is 0 Å². The number of likely N-dealkylation sites (tertiary alicyclic amines) is 1. The largest absolute Gasteiger partial charge is 0.339 e. The molecule has 3 rings (SSSR count). The number of carbonyl (C=O) groups is 1. The minimum absolute atomic E-state index is 0.0230. The van der Waals surface area contributed by atoms with Crippen LogP contribution >= 0.6 is 15.9 Å². The Morgan fingerprint density at radius 3 is 2.12 bits per heavy atom. The van der Waals surface area contributed by atoms with E-state index in [1.54, 1.807) is 48.5 Å². The van der Waals surface area contributed by atoms with E-state index in [9.17, 15) is 13.2 Å². The van der Waals surface area contributed by atoms with E-state index in [1.165, 1.54) is 0 Å². The van der Waals surface area contributed by atoms with Crippen LogP contribution in [0.1, 0.15) is 28.8 Å². The first-order valence-electron chi connectivity index (χ1n) is 7.82. The number of hydrogen-bond acceptors (Lipinski definition) is 3. The fraction of sp³-hybridized carbons (Fsp3) is 0.278. The molecule has 2 aromatic carbocycles. The number of sulfone groups is 1. The third-order valence-corrected chi connectivity index (χ3v) is 6.36. The minimum Gasteiger partial charge on any atom is -0.339 e. The third-order valence-electron chi connectivity index (χ3n) is 4.12. The van der Waals surface area contributed by atoms with Crippen LogP contribution in [0.4, 0.5) is 0 Å². The van der Waals surface area contributed by atoms with Crippen molar-refractivity contribution in [3.05, 3.63) is 64.1 Å². The van der Waals surface area contributed by atoms with Gasteiger partial charge < -0.3 is 4.90 Å². The number of carbonyl (C=O) groups excluding carboxylic acids is 1. The molecular weight excluding hydrogens is 390 g/mol. The summed E-state index contributed by atoms with van der Waals surface area (Å²) in [4.78, 5) is 14.4. The van der Waals surface area contributed by atoms with Gasteiger partial charge in [-0.1, -0.05) is 28.1 Å². The number of benzene rings is 2. The molecule has 2 aromatic rings. The van der Waals surface area contributed by atoms with E-state index in [0.717, 1.165) is 30.4 Å². The zero-order chi connectivity index (χ0) is 17.2. The summed E-state index contributed by atoms with van der Waals surface area (Å²) < 4.78 is 25.7. The number of halogens is 1. The highest BCUT2D eigenvalue weighted by molar-refractivity contribution is 9.10. The second-order valence-electron chi connectivity index (χ2n) is 5.91. The fourth-order valence-corrected chi connectivity index (χ4v) is 4.40. The van der Waals surface area contributed by atoms with Crippen molar-refractivity contribution < 1.29 is 13.2 Å². The van der Waals surface area contributed by atoms with Crippen LogP contribution in [-0.2, 0) is 15.6 Å². The highest BCUT2D eigenvalue weighted by Gasteiger charge is 2.20. The average molecular weight is 408 g/mol. The number of amides is 1. The Labute approximate surface area is 150 Å². The van der Waals surface area contributed by atoms with Gasteiger partial charge in [-0.2, -0.15) is 0 Å². The van der Waals surface area contributed by atoms with E-state index < -0.39 is 9.84 Å². The Bertz CT molecular complexity index is 824. The van der Waals surface area contributed by atoms with E-state index in [1.807, 2.05) is 4.90 Å². The van der Waals surface area contributed by atoms with Crippen molar-refractivity contribution in [2.75, 3.05) is 13.1 Å². The first-order valence-corrected chi connectivity index (χ1v) is 10.3. The molecule has 1 amide bonds. The lowest BCUT2D eigenvalue weighted by molar-refractivity contribution is 0.0793. The Kier molecular flexibility index (Phi) is 5.06. The maximum atomic E-state index is 12.5. The Hall–Kier alpha value is -1.66. The molecule has 4 nitrogen and oxygen atoms in total. The van der Waals surface area contributed by atoms with Crippen LogP contribution in [0.15, 0.2) is 57.9 Å². The molecule has 1 aliphatic rings. The van der Waals surface area contributed by atoms with Crippen LogP contribution in [0.2, 0.25) is 0 Å². The summed E-state index contributed by atoms with van der Waals surface area (Å²) in [6, 6.07) is 13.5. The number of rotatable bonds is 4. The molecule has 0 N–H and O–H groups in total. The highest BCUT2D eigenvalue weighted by Crippen LogP contribution is 2.20. The molecular formula is C18H18BrNO3S. The lowest BCUT2D eigenvalue weighted by Crippen LogP contribution is -2.27. The summed E-state index contributed by atoms with van der Waals surface area (Å²) in [6.07, 6.45) is 2.10. The number of nitrogens with zero attached hydrogens (tertiary/aromatic N) is 1. The maximum Gasteiger partial charge on any atom is 0.253 e. The van der Waals surface area contributed by atoms with Crippen LogP contribution in [0.3, 0.4) is 0 Å². The average Bonchev–Trinajstić information content (AvgIpc) is 3.09. The summed E-state index contributed by atoms with van der Waals surface area (Å²) in [5.74, 6) is -0.0536. The maximum absolute atomic E-state index is 12.5. The van der Waals surface area contributed by atoms with Crippen molar-refractivity contribution in [1.82, 2.24) is 4.90 Å². The summed E-state index contributed by atoms with van der Waals surface area (Å²) in [6.45, 7) is 1.61. The van der Waals surface area contributed by atoms with Gasteiger partial charge in [0.05, 0.1) is 10.6 Å². The van der Waals surface area contributed by atoms with Gasteiger partial charge in [-0.25, -0.2) is 8.42 Å². The summed E-state index contributed by atoms with van der Waals surface area (Å²) in [7, 11) is -3.40. The lowest BCUT2D eigenvalue weighted by Gasteiger charge is -2.15. The quantitative estimate of drug-likeness (QED) is 0.776. The van der Waals surface area contributed by atoms with Gasteiger partial charge in [0.25, 0.3) is 5.91 Å². The van der Waals surface area contributed by atoms with Crippen molar-refractivity contribution in [3.8, 4) is 0 Å². The van der Waals surface area contributed by atoms with Crippen molar-refractivity contribution in [2.45, 2.75) is 23.5 Å². The Morgan fingerprint density at radius 1 is 0.958 bits per heavy atom. The molecule has 0 bridgehead atoms. The van der Waals surface area contributed by atoms with Crippen LogP contribution in [-0.4, -0.2) is 32.3 Å². The van der Waals surface area contributed by atoms with Crippen LogP contribution in [0, 0.1) is 0 Å². The van der Waals surface area contributed by atoms with Crippen molar-refractivity contribution in [2.24, 2.45) is 0 Å². The monoisotopic (exact) mass is 407 g/mol. The fourth-order valence-electron chi connectivity index (χ4n) is 2.79. The van der Waals surface area contributed by atoms with Crippen molar-refractivity contribution >= 4 is 31.7 Å². The molecule has 6 heteroatoms. The molecule has 0 radical (unpaired) electrons. The SMILES string of the molecule is O=C(c1ccc(CS(=O)(=O)c2ccc(Br)cc2)cc1)N1CCCC1. The standard InChI is InChI=1S/C18H18BrNO3S/c19-16-7-9-17(10-8-16)24(22,23)13-14-3-5-15(6-4-14)18(21)20-11-1-2-12-20/h3-10H,1-2,11-13H2. The van der Waals surface area contributed by atoms with Gasteiger partial charge >= 0.3 is 0 Å². The van der Waals surface area contributed by atoms with E-state index in [2.05, 4.69) is 15.9 Å². The molecule has 126 valence electrons. The van der Waals surface area contributed by atoms with Crippen LogP contribution in [0.25, 0.3) is 0 Å². The molecule has 24 heavy (non-hydrogen) atoms. The second-order valence-corrected chi connectivity index (χ2v) is 8.81. The first-order chi connectivity index (χ1) is 11.5. The molecule has 0 atom stereocenters. The van der Waals surface area contributed by atoms with E-state index in [0.29, 0.717) is 16.0 Å². The Balaban J connectivity index is 1.73. The second kappa shape index (κ2) is 7.07. The Morgan fingerprint density at radius 2 is 1.54 bits per heavy atom. The zero-order valence-electron chi connectivity index (χ0n) is 13.1. The third kappa shape index (κ3) is 3.87. The summed E-state index contributed by atoms with van der Waals surface area (Å²) in [5, 5.41) is 0. The van der Waals surface area contributed by atoms with Gasteiger partial charge in [-0.05, 0) is 54.8 Å². The molecule has 0 aliphatic carbocycles. The van der Waals surface area contributed by atoms with Gasteiger partial charge in [0.15, 0.2) is 9.84 Å². The van der Waals surface area contributed by atoms with Gasteiger partial charge in [-0.15, -0.1) is 0 Å². The molecule has 1 aliphatic heterocycles. The smallest absolute Gasteiger partial charge is 0.253 e. The molecule has 0 spiro atoms. The summed E-state index contributed by atoms with van der Waals surface area (Å²) in [5.41, 5.74) is 1.29. The molecule has 1 saturated heterocycles. The van der Waals surface area contributed by atoms with E-state index in [4.69, 9.17) is 0 Å². The van der Waals surface area contributed by atoms with Gasteiger partial charge in [0.2, 0.25) is 0 Å². The lowest BCUT2D eigenvalue weighted by atomic mass is 10.1. The first kappa shape index (κ1) is 17.2. The van der Waals surface area contributed by atoms with Gasteiger partial charge in [0, 0.05) is 23.1 Å². The van der Waals surface area contributed by atoms with Crippen LogP contribution in [0.5, 0.6) is 0 Å². The normalized spacial score (nSPS) is 14.8. The summed E-state index contributed by atoms with van der Waals surface area (Å²) >= 11 is 3.30. The predicted octanol–water partition coefficient (Wildman–Crippen LogP) is 3.66. The zero-order valence-corrected chi connectivity index (χ0v) is 15.5. The molecule has 0 aromatic heterocycles. The molecule has 0 saturated carbocycles. The number of hydrogen-bond donors (Lipinski definition) is 0. The van der Waals surface area contributed by atoms with E-state index in [-0.39, 0.29) is 11.7 Å².